The molecule has 2 aromatic rings. The third-order valence-corrected chi connectivity index (χ3v) is 4.98. The highest BCUT2D eigenvalue weighted by Gasteiger charge is 2.30. The van der Waals surface area contributed by atoms with Crippen molar-refractivity contribution < 1.29 is 4.39 Å². The van der Waals surface area contributed by atoms with Crippen LogP contribution in [-0.2, 0) is 13.1 Å². The molecule has 0 aliphatic heterocycles. The molecule has 2 nitrogen and oxygen atoms in total. The zero-order valence-corrected chi connectivity index (χ0v) is 15.7. The van der Waals surface area contributed by atoms with E-state index in [0.717, 1.165) is 17.2 Å². The Morgan fingerprint density at radius 1 is 1.08 bits per heavy atom. The maximum absolute atomic E-state index is 13.0. The Morgan fingerprint density at radius 2 is 1.68 bits per heavy atom. The second-order valence-electron chi connectivity index (χ2n) is 7.04. The van der Waals surface area contributed by atoms with Crippen LogP contribution < -0.4 is 5.32 Å². The molecule has 0 atom stereocenters. The predicted octanol–water partition coefficient (Wildman–Crippen LogP) is 4.99. The van der Waals surface area contributed by atoms with Gasteiger partial charge in [-0.2, -0.15) is 0 Å². The molecule has 1 aliphatic rings. The van der Waals surface area contributed by atoms with E-state index in [9.17, 15) is 4.39 Å². The van der Waals surface area contributed by atoms with E-state index in [0.29, 0.717) is 18.5 Å². The normalized spacial score (nSPS) is 13.8. The molecule has 1 N–H and O–H groups in total. The number of nitrogens with one attached hydrogen (secondary N) is 1. The standard InChI is InChI=1S/C21H25FN2S/c1-15(2)18-7-3-17(4-8-18)14-24(20-11-12-20)21(25)23-13-16-5-9-19(22)10-6-16/h3-10,15,20H,11-14H2,1-2H3,(H,23,25). The molecule has 0 radical (unpaired) electrons. The molecular weight excluding hydrogens is 331 g/mol. The lowest BCUT2D eigenvalue weighted by molar-refractivity contribution is 0.395. The SMILES string of the molecule is CC(C)c1ccc(CN(C(=S)NCc2ccc(F)cc2)C2CC2)cc1. The minimum Gasteiger partial charge on any atom is -0.358 e. The monoisotopic (exact) mass is 356 g/mol. The van der Waals surface area contributed by atoms with Crippen LogP contribution in [0.15, 0.2) is 48.5 Å². The van der Waals surface area contributed by atoms with E-state index in [1.807, 2.05) is 0 Å². The molecule has 0 saturated heterocycles. The molecule has 0 unspecified atom stereocenters. The van der Waals surface area contributed by atoms with Crippen LogP contribution in [0.25, 0.3) is 0 Å². The zero-order valence-electron chi connectivity index (χ0n) is 14.8. The molecule has 4 heteroatoms. The van der Waals surface area contributed by atoms with Gasteiger partial charge in [0.2, 0.25) is 0 Å². The van der Waals surface area contributed by atoms with Crippen LogP contribution in [0.4, 0.5) is 4.39 Å². The van der Waals surface area contributed by atoms with Crippen LogP contribution >= 0.6 is 12.2 Å². The molecule has 25 heavy (non-hydrogen) atoms. The summed E-state index contributed by atoms with van der Waals surface area (Å²) in [4.78, 5) is 2.28. The molecule has 1 saturated carbocycles. The summed E-state index contributed by atoms with van der Waals surface area (Å²) >= 11 is 5.62. The second kappa shape index (κ2) is 7.96. The number of benzene rings is 2. The van der Waals surface area contributed by atoms with Gasteiger partial charge in [-0.1, -0.05) is 50.2 Å². The Hall–Kier alpha value is -1.94. The number of nitrogens with zero attached hydrogens (tertiary/aromatic N) is 1. The molecule has 1 fully saturated rings. The summed E-state index contributed by atoms with van der Waals surface area (Å²) in [5.74, 6) is 0.336. The van der Waals surface area contributed by atoms with Gasteiger partial charge < -0.3 is 10.2 Å². The van der Waals surface area contributed by atoms with Crippen LogP contribution in [0.1, 0.15) is 49.3 Å². The van der Waals surface area contributed by atoms with Gasteiger partial charge in [-0.25, -0.2) is 4.39 Å². The molecule has 1 aliphatic carbocycles. The molecule has 3 rings (SSSR count). The van der Waals surface area contributed by atoms with E-state index in [2.05, 4.69) is 48.3 Å². The Balaban J connectivity index is 1.60. The van der Waals surface area contributed by atoms with E-state index < -0.39 is 0 Å². The number of hydrogen-bond acceptors (Lipinski definition) is 1. The fraction of sp³-hybridized carbons (Fsp3) is 0.381. The van der Waals surface area contributed by atoms with Gasteiger partial charge in [0, 0.05) is 19.1 Å². The highest BCUT2D eigenvalue weighted by molar-refractivity contribution is 7.80. The maximum atomic E-state index is 13.0. The lowest BCUT2D eigenvalue weighted by atomic mass is 10.0. The van der Waals surface area contributed by atoms with Crippen molar-refractivity contribution >= 4 is 17.3 Å². The first-order chi connectivity index (χ1) is 12.0. The first-order valence-corrected chi connectivity index (χ1v) is 9.31. The number of hydrogen-bond donors (Lipinski definition) is 1. The average molecular weight is 357 g/mol. The van der Waals surface area contributed by atoms with E-state index in [1.165, 1.54) is 36.1 Å². The number of thiocarbonyl (C=S) groups is 1. The Kier molecular flexibility index (Phi) is 5.69. The Bertz CT molecular complexity index is 706. The summed E-state index contributed by atoms with van der Waals surface area (Å²) in [7, 11) is 0. The zero-order chi connectivity index (χ0) is 17.8. The van der Waals surface area contributed by atoms with Gasteiger partial charge in [0.1, 0.15) is 5.82 Å². The third-order valence-electron chi connectivity index (χ3n) is 4.60. The van der Waals surface area contributed by atoms with Gasteiger partial charge in [-0.3, -0.25) is 0 Å². The molecule has 2 aromatic carbocycles. The van der Waals surface area contributed by atoms with Crippen LogP contribution in [-0.4, -0.2) is 16.1 Å². The van der Waals surface area contributed by atoms with E-state index in [1.54, 1.807) is 12.1 Å². The molecule has 0 bridgehead atoms. The number of halogens is 1. The largest absolute Gasteiger partial charge is 0.358 e. The maximum Gasteiger partial charge on any atom is 0.169 e. The summed E-state index contributed by atoms with van der Waals surface area (Å²) in [5, 5.41) is 4.10. The first-order valence-electron chi connectivity index (χ1n) is 8.90. The van der Waals surface area contributed by atoms with E-state index in [-0.39, 0.29) is 5.82 Å². The van der Waals surface area contributed by atoms with Crippen LogP contribution in [0.5, 0.6) is 0 Å². The van der Waals surface area contributed by atoms with Gasteiger partial charge >= 0.3 is 0 Å². The van der Waals surface area contributed by atoms with Gasteiger partial charge in [0.05, 0.1) is 0 Å². The summed E-state index contributed by atoms with van der Waals surface area (Å²) in [6.07, 6.45) is 2.39. The van der Waals surface area contributed by atoms with Crippen LogP contribution in [0.3, 0.4) is 0 Å². The minimum absolute atomic E-state index is 0.212. The van der Waals surface area contributed by atoms with Gasteiger partial charge in [-0.15, -0.1) is 0 Å². The summed E-state index contributed by atoms with van der Waals surface area (Å²) in [5.41, 5.74) is 3.67. The van der Waals surface area contributed by atoms with Crippen molar-refractivity contribution in [1.82, 2.24) is 10.2 Å². The summed E-state index contributed by atoms with van der Waals surface area (Å²) < 4.78 is 13.0. The van der Waals surface area contributed by atoms with Crippen molar-refractivity contribution in [2.75, 3.05) is 0 Å². The second-order valence-corrected chi connectivity index (χ2v) is 7.43. The lowest BCUT2D eigenvalue weighted by Crippen LogP contribution is -2.40. The van der Waals surface area contributed by atoms with Crippen LogP contribution in [0.2, 0.25) is 0 Å². The summed E-state index contributed by atoms with van der Waals surface area (Å²) in [6.45, 7) is 5.87. The van der Waals surface area contributed by atoms with Crippen molar-refractivity contribution in [1.29, 1.82) is 0 Å². The van der Waals surface area contributed by atoms with Crippen molar-refractivity contribution in [2.45, 2.75) is 51.7 Å². The molecular formula is C21H25FN2S. The molecule has 0 heterocycles. The molecule has 132 valence electrons. The smallest absolute Gasteiger partial charge is 0.169 e. The first kappa shape index (κ1) is 17.9. The van der Waals surface area contributed by atoms with Crippen molar-refractivity contribution in [2.24, 2.45) is 0 Å². The quantitative estimate of drug-likeness (QED) is 0.734. The van der Waals surface area contributed by atoms with Crippen LogP contribution in [0, 0.1) is 5.82 Å². The topological polar surface area (TPSA) is 15.3 Å². The third kappa shape index (κ3) is 5.02. The average Bonchev–Trinajstić information content (AvgIpc) is 3.44. The van der Waals surface area contributed by atoms with Gasteiger partial charge in [0.15, 0.2) is 5.11 Å². The van der Waals surface area contributed by atoms with Gasteiger partial charge in [0.25, 0.3) is 0 Å². The fourth-order valence-corrected chi connectivity index (χ4v) is 3.12. The van der Waals surface area contributed by atoms with E-state index in [4.69, 9.17) is 12.2 Å². The predicted molar refractivity (Wildman–Crippen MR) is 105 cm³/mol. The van der Waals surface area contributed by atoms with Crippen molar-refractivity contribution in [3.05, 3.63) is 71.0 Å². The molecule has 0 aromatic heterocycles. The Labute approximate surface area is 155 Å². The summed E-state index contributed by atoms with van der Waals surface area (Å²) in [6, 6.07) is 15.9. The van der Waals surface area contributed by atoms with Crippen molar-refractivity contribution in [3.63, 3.8) is 0 Å². The van der Waals surface area contributed by atoms with E-state index >= 15 is 0 Å². The molecule has 0 amide bonds. The highest BCUT2D eigenvalue weighted by Crippen LogP contribution is 2.29. The fourth-order valence-electron chi connectivity index (χ4n) is 2.84. The highest BCUT2D eigenvalue weighted by atomic mass is 32.1. The van der Waals surface area contributed by atoms with Gasteiger partial charge in [-0.05, 0) is 59.8 Å². The lowest BCUT2D eigenvalue weighted by Gasteiger charge is -2.26. The minimum atomic E-state index is -0.212. The molecule has 0 spiro atoms. The Morgan fingerprint density at radius 3 is 2.24 bits per heavy atom. The van der Waals surface area contributed by atoms with Crippen molar-refractivity contribution in [3.8, 4) is 0 Å². The number of rotatable bonds is 6.